The summed E-state index contributed by atoms with van der Waals surface area (Å²) in [5, 5.41) is 8.84. The van der Waals surface area contributed by atoms with Crippen LogP contribution in [0, 0.1) is 18.7 Å². The first-order valence-corrected chi connectivity index (χ1v) is 11.0. The van der Waals surface area contributed by atoms with Gasteiger partial charge in [0.2, 0.25) is 5.43 Å². The maximum absolute atomic E-state index is 14.2. The van der Waals surface area contributed by atoms with Crippen LogP contribution >= 0.6 is 15.9 Å². The van der Waals surface area contributed by atoms with E-state index in [4.69, 9.17) is 4.42 Å². The Hall–Kier alpha value is -2.80. The van der Waals surface area contributed by atoms with Gasteiger partial charge in [0.1, 0.15) is 29.8 Å². The third kappa shape index (κ3) is 2.97. The molecule has 4 aromatic rings. The molecule has 2 aromatic carbocycles. The van der Waals surface area contributed by atoms with Gasteiger partial charge in [0.15, 0.2) is 0 Å². The first kappa shape index (κ1) is 20.1. The van der Waals surface area contributed by atoms with E-state index in [-0.39, 0.29) is 20.9 Å². The Bertz CT molecular complexity index is 1390. The van der Waals surface area contributed by atoms with E-state index in [1.165, 1.54) is 12.3 Å². The predicted octanol–water partition coefficient (Wildman–Crippen LogP) is 5.51. The van der Waals surface area contributed by atoms with Crippen LogP contribution in [0.4, 0.5) is 4.39 Å². The van der Waals surface area contributed by atoms with Crippen LogP contribution in [0.5, 0.6) is 0 Å². The summed E-state index contributed by atoms with van der Waals surface area (Å²) in [6, 6.07) is 9.49. The van der Waals surface area contributed by atoms with Crippen LogP contribution in [0.3, 0.4) is 0 Å². The number of aryl methyl sites for hydroxylation is 2. The highest BCUT2D eigenvalue weighted by atomic mass is 79.9. The predicted molar refractivity (Wildman–Crippen MR) is 120 cm³/mol. The quantitative estimate of drug-likeness (QED) is 0.386. The molecule has 1 fully saturated rings. The molecule has 0 bridgehead atoms. The average molecular weight is 482 g/mol. The fourth-order valence-corrected chi connectivity index (χ4v) is 5.48. The average Bonchev–Trinajstić information content (AvgIpc) is 3.16. The van der Waals surface area contributed by atoms with E-state index in [1.807, 2.05) is 29.8 Å². The molecule has 1 saturated carbocycles. The highest BCUT2D eigenvalue weighted by Gasteiger charge is 2.48. The van der Waals surface area contributed by atoms with Crippen molar-refractivity contribution < 1.29 is 8.81 Å². The van der Waals surface area contributed by atoms with Gasteiger partial charge < -0.3 is 8.98 Å². The van der Waals surface area contributed by atoms with Gasteiger partial charge in [-0.2, -0.15) is 0 Å². The minimum Gasteiger partial charge on any atom is -0.463 e. The Labute approximate surface area is 187 Å². The molecule has 1 aliphatic carbocycles. The number of aromatic nitrogens is 3. The van der Waals surface area contributed by atoms with E-state index in [2.05, 4.69) is 39.1 Å². The minimum absolute atomic E-state index is 0.183. The summed E-state index contributed by atoms with van der Waals surface area (Å²) in [5.41, 5.74) is 2.51. The fraction of sp³-hybridized carbons (Fsp3) is 0.292. The van der Waals surface area contributed by atoms with Crippen molar-refractivity contribution in [2.75, 3.05) is 0 Å². The largest absolute Gasteiger partial charge is 0.463 e. The summed E-state index contributed by atoms with van der Waals surface area (Å²) in [6.45, 7) is 3.84. The Balaban J connectivity index is 1.67. The van der Waals surface area contributed by atoms with E-state index in [0.717, 1.165) is 29.8 Å². The van der Waals surface area contributed by atoms with Crippen molar-refractivity contribution in [2.45, 2.75) is 32.1 Å². The van der Waals surface area contributed by atoms with Crippen LogP contribution in [0.25, 0.3) is 22.1 Å². The molecular formula is C24H21BrFN3O2. The zero-order valence-electron chi connectivity index (χ0n) is 17.4. The van der Waals surface area contributed by atoms with Crippen molar-refractivity contribution in [3.63, 3.8) is 0 Å². The molecule has 158 valence electrons. The van der Waals surface area contributed by atoms with Crippen molar-refractivity contribution in [1.29, 1.82) is 0 Å². The summed E-state index contributed by atoms with van der Waals surface area (Å²) in [6.07, 6.45) is 5.10. The second kappa shape index (κ2) is 7.12. The van der Waals surface area contributed by atoms with E-state index in [0.29, 0.717) is 22.4 Å². The van der Waals surface area contributed by atoms with Gasteiger partial charge in [-0.1, -0.05) is 25.1 Å². The molecule has 0 radical (unpaired) electrons. The number of nitrogens with zero attached hydrogens (tertiary/aromatic N) is 3. The number of hydrogen-bond donors (Lipinski definition) is 0. The molecule has 2 heterocycles. The van der Waals surface area contributed by atoms with Crippen LogP contribution in [-0.2, 0) is 12.5 Å². The van der Waals surface area contributed by atoms with E-state index in [1.54, 1.807) is 13.3 Å². The third-order valence-corrected chi connectivity index (χ3v) is 7.02. The van der Waals surface area contributed by atoms with Crippen molar-refractivity contribution >= 4 is 26.9 Å². The zero-order chi connectivity index (χ0) is 21.9. The van der Waals surface area contributed by atoms with Gasteiger partial charge in [-0.25, -0.2) is 4.39 Å². The molecule has 5 nitrogen and oxygen atoms in total. The van der Waals surface area contributed by atoms with Gasteiger partial charge in [0.05, 0.1) is 20.8 Å². The van der Waals surface area contributed by atoms with Crippen molar-refractivity contribution in [2.24, 2.45) is 13.0 Å². The number of fused-ring (bicyclic) bond motifs is 1. The summed E-state index contributed by atoms with van der Waals surface area (Å²) in [5.74, 6) is 1.10. The van der Waals surface area contributed by atoms with Crippen LogP contribution in [0.15, 0.2) is 56.6 Å². The van der Waals surface area contributed by atoms with Crippen LogP contribution in [0.1, 0.15) is 36.7 Å². The molecule has 0 aliphatic heterocycles. The molecule has 0 spiro atoms. The van der Waals surface area contributed by atoms with Gasteiger partial charge in [-0.3, -0.25) is 4.79 Å². The first-order valence-electron chi connectivity index (χ1n) is 10.2. The monoisotopic (exact) mass is 481 g/mol. The highest BCUT2D eigenvalue weighted by molar-refractivity contribution is 9.10. The molecule has 0 saturated heterocycles. The van der Waals surface area contributed by atoms with Crippen LogP contribution < -0.4 is 5.43 Å². The lowest BCUT2D eigenvalue weighted by Gasteiger charge is -2.46. The first-order chi connectivity index (χ1) is 14.8. The van der Waals surface area contributed by atoms with Crippen LogP contribution in [0.2, 0.25) is 0 Å². The Morgan fingerprint density at radius 3 is 2.74 bits per heavy atom. The summed E-state index contributed by atoms with van der Waals surface area (Å²) in [4.78, 5) is 13.3. The van der Waals surface area contributed by atoms with Gasteiger partial charge in [-0.05, 0) is 64.9 Å². The summed E-state index contributed by atoms with van der Waals surface area (Å²) < 4.78 is 22.2. The molecule has 7 heteroatoms. The molecular weight excluding hydrogens is 461 g/mol. The molecule has 1 aliphatic rings. The normalized spacial score (nSPS) is 20.7. The second-order valence-electron chi connectivity index (χ2n) is 8.59. The molecule has 0 atom stereocenters. The lowest BCUT2D eigenvalue weighted by atomic mass is 9.58. The number of halogens is 2. The van der Waals surface area contributed by atoms with Crippen molar-refractivity contribution in [3.05, 3.63) is 80.4 Å². The maximum atomic E-state index is 14.2. The topological polar surface area (TPSA) is 60.9 Å². The van der Waals surface area contributed by atoms with Gasteiger partial charge in [0.25, 0.3) is 0 Å². The summed E-state index contributed by atoms with van der Waals surface area (Å²) >= 11 is 3.20. The van der Waals surface area contributed by atoms with Crippen molar-refractivity contribution in [3.8, 4) is 11.1 Å². The van der Waals surface area contributed by atoms with E-state index < -0.39 is 5.82 Å². The third-order valence-electron chi connectivity index (χ3n) is 6.44. The second-order valence-corrected chi connectivity index (χ2v) is 9.45. The SMILES string of the molecule is Cc1c(F)c(Br)cc2c(=O)c(-c3cccc(C4(c5nncn5C)CC(C)C4)c3)coc12. The molecule has 31 heavy (non-hydrogen) atoms. The summed E-state index contributed by atoms with van der Waals surface area (Å²) in [7, 11) is 1.96. The lowest BCUT2D eigenvalue weighted by Crippen LogP contribution is -2.43. The number of benzene rings is 2. The standard InChI is InChI=1S/C24H21BrFN3O2/c1-13-9-24(10-13,23-28-27-12-29(23)3)16-6-4-5-15(7-16)18-11-31-22-14(2)20(26)19(25)8-17(22)21(18)30/h4-8,11-13H,9-10H2,1-3H3. The van der Waals surface area contributed by atoms with Crippen molar-refractivity contribution in [1.82, 2.24) is 14.8 Å². The molecule has 0 N–H and O–H groups in total. The Morgan fingerprint density at radius 1 is 1.29 bits per heavy atom. The molecule has 2 aromatic heterocycles. The Kier molecular flexibility index (Phi) is 4.62. The molecule has 5 rings (SSSR count). The number of hydrogen-bond acceptors (Lipinski definition) is 4. The number of rotatable bonds is 3. The zero-order valence-corrected chi connectivity index (χ0v) is 19.0. The fourth-order valence-electron chi connectivity index (χ4n) is 4.95. The van der Waals surface area contributed by atoms with Gasteiger partial charge >= 0.3 is 0 Å². The van der Waals surface area contributed by atoms with Crippen LogP contribution in [-0.4, -0.2) is 14.8 Å². The molecule has 0 unspecified atom stereocenters. The lowest BCUT2D eigenvalue weighted by molar-refractivity contribution is 0.185. The highest BCUT2D eigenvalue weighted by Crippen LogP contribution is 2.51. The van der Waals surface area contributed by atoms with E-state index in [9.17, 15) is 9.18 Å². The van der Waals surface area contributed by atoms with E-state index >= 15 is 0 Å². The molecule has 0 amide bonds. The minimum atomic E-state index is -0.421. The Morgan fingerprint density at radius 2 is 2.06 bits per heavy atom. The maximum Gasteiger partial charge on any atom is 0.200 e. The smallest absolute Gasteiger partial charge is 0.200 e. The van der Waals surface area contributed by atoms with Gasteiger partial charge in [0, 0.05) is 12.6 Å². The van der Waals surface area contributed by atoms with Gasteiger partial charge in [-0.15, -0.1) is 10.2 Å².